The van der Waals surface area contributed by atoms with E-state index < -0.39 is 0 Å². The van der Waals surface area contributed by atoms with E-state index in [-0.39, 0.29) is 12.4 Å². The number of rotatable bonds is 3. The molecule has 4 heteroatoms. The molecule has 0 saturated carbocycles. The van der Waals surface area contributed by atoms with Gasteiger partial charge in [-0.2, -0.15) is 0 Å². The average Bonchev–Trinajstić information content (AvgIpc) is 2.69. The molecule has 0 aromatic heterocycles. The van der Waals surface area contributed by atoms with E-state index in [1.807, 2.05) is 0 Å². The van der Waals surface area contributed by atoms with Crippen molar-refractivity contribution in [2.75, 3.05) is 20.1 Å². The van der Waals surface area contributed by atoms with E-state index in [1.54, 1.807) is 0 Å². The van der Waals surface area contributed by atoms with Crippen LogP contribution in [0.25, 0.3) is 0 Å². The minimum Gasteiger partial charge on any atom is -0.316 e. The van der Waals surface area contributed by atoms with Crippen molar-refractivity contribution in [2.45, 2.75) is 19.0 Å². The van der Waals surface area contributed by atoms with Gasteiger partial charge in [-0.05, 0) is 53.8 Å². The van der Waals surface area contributed by atoms with Gasteiger partial charge < -0.3 is 5.32 Å². The van der Waals surface area contributed by atoms with E-state index >= 15 is 0 Å². The lowest BCUT2D eigenvalue weighted by atomic mass is 10.2. The number of halogens is 2. The monoisotopic (exact) mass is 352 g/mol. The third kappa shape index (κ3) is 3.87. The molecule has 0 amide bonds. The van der Waals surface area contributed by atoms with E-state index in [0.717, 1.165) is 6.54 Å². The van der Waals surface area contributed by atoms with Gasteiger partial charge in [-0.25, -0.2) is 0 Å². The average molecular weight is 353 g/mol. The Morgan fingerprint density at radius 1 is 1.38 bits per heavy atom. The molecular weight excluding hydrogens is 335 g/mol. The minimum absolute atomic E-state index is 0. The van der Waals surface area contributed by atoms with Crippen LogP contribution in [0, 0.1) is 3.57 Å². The van der Waals surface area contributed by atoms with Crippen LogP contribution < -0.4 is 5.32 Å². The molecule has 1 unspecified atom stereocenters. The molecule has 1 N–H and O–H groups in total. The Morgan fingerprint density at radius 2 is 2.06 bits per heavy atom. The number of hydrogen-bond acceptors (Lipinski definition) is 2. The fourth-order valence-corrected chi connectivity index (χ4v) is 2.42. The zero-order chi connectivity index (χ0) is 10.7. The Bertz CT molecular complexity index is 315. The van der Waals surface area contributed by atoms with E-state index in [2.05, 4.69) is 64.1 Å². The third-order valence-corrected chi connectivity index (χ3v) is 3.72. The van der Waals surface area contributed by atoms with Crippen LogP contribution in [0.3, 0.4) is 0 Å². The number of likely N-dealkylation sites (N-methyl/N-ethyl adjacent to an activating group) is 1. The molecular formula is C12H18ClIN2. The number of benzene rings is 1. The summed E-state index contributed by atoms with van der Waals surface area (Å²) in [5.41, 5.74) is 1.42. The second-order valence-corrected chi connectivity index (χ2v) is 5.38. The standard InChI is InChI=1S/C12H17IN2.ClH/c1-14-12-6-7-15(9-12)8-10-2-4-11(13)5-3-10;/h2-5,12,14H,6-9H2,1H3;1H. The zero-order valence-electron chi connectivity index (χ0n) is 9.45. The summed E-state index contributed by atoms with van der Waals surface area (Å²) < 4.78 is 1.31. The fraction of sp³-hybridized carbons (Fsp3) is 0.500. The van der Waals surface area contributed by atoms with Crippen LogP contribution in [0.2, 0.25) is 0 Å². The maximum absolute atomic E-state index is 3.35. The molecule has 0 bridgehead atoms. The SMILES string of the molecule is CNC1CCN(Cc2ccc(I)cc2)C1.Cl. The molecule has 2 rings (SSSR count). The number of hydrogen-bond donors (Lipinski definition) is 1. The van der Waals surface area contributed by atoms with Gasteiger partial charge in [0.05, 0.1) is 0 Å². The number of likely N-dealkylation sites (tertiary alicyclic amines) is 1. The predicted octanol–water partition coefficient (Wildman–Crippen LogP) is 2.51. The molecule has 1 aliphatic rings. The Kier molecular flexibility index (Phi) is 6.03. The lowest BCUT2D eigenvalue weighted by Crippen LogP contribution is -2.29. The summed E-state index contributed by atoms with van der Waals surface area (Å²) in [6, 6.07) is 9.51. The van der Waals surface area contributed by atoms with Gasteiger partial charge in [0.2, 0.25) is 0 Å². The molecule has 0 spiro atoms. The van der Waals surface area contributed by atoms with Crippen molar-refractivity contribution in [1.29, 1.82) is 0 Å². The van der Waals surface area contributed by atoms with Gasteiger partial charge >= 0.3 is 0 Å². The molecule has 1 atom stereocenters. The van der Waals surface area contributed by atoms with E-state index in [0.29, 0.717) is 6.04 Å². The second kappa shape index (κ2) is 6.79. The summed E-state index contributed by atoms with van der Waals surface area (Å²) in [5.74, 6) is 0. The maximum Gasteiger partial charge on any atom is 0.0234 e. The number of nitrogens with one attached hydrogen (secondary N) is 1. The van der Waals surface area contributed by atoms with E-state index in [9.17, 15) is 0 Å². The van der Waals surface area contributed by atoms with Crippen LogP contribution in [-0.4, -0.2) is 31.1 Å². The van der Waals surface area contributed by atoms with Crippen molar-refractivity contribution in [3.63, 3.8) is 0 Å². The molecule has 1 heterocycles. The lowest BCUT2D eigenvalue weighted by molar-refractivity contribution is 0.322. The normalized spacial score (nSPS) is 20.8. The fourth-order valence-electron chi connectivity index (χ4n) is 2.06. The summed E-state index contributed by atoms with van der Waals surface area (Å²) >= 11 is 2.35. The molecule has 1 saturated heterocycles. The predicted molar refractivity (Wildman–Crippen MR) is 79.1 cm³/mol. The summed E-state index contributed by atoms with van der Waals surface area (Å²) in [4.78, 5) is 2.52. The van der Waals surface area contributed by atoms with Gasteiger partial charge in [-0.3, -0.25) is 4.90 Å². The minimum atomic E-state index is 0. The van der Waals surface area contributed by atoms with Crippen molar-refractivity contribution in [3.05, 3.63) is 33.4 Å². The molecule has 90 valence electrons. The van der Waals surface area contributed by atoms with Crippen LogP contribution in [0.15, 0.2) is 24.3 Å². The topological polar surface area (TPSA) is 15.3 Å². The van der Waals surface area contributed by atoms with Crippen LogP contribution >= 0.6 is 35.0 Å². The highest BCUT2D eigenvalue weighted by Crippen LogP contribution is 2.14. The van der Waals surface area contributed by atoms with Crippen LogP contribution in [-0.2, 0) is 6.54 Å². The highest BCUT2D eigenvalue weighted by Gasteiger charge is 2.20. The van der Waals surface area contributed by atoms with Crippen LogP contribution in [0.1, 0.15) is 12.0 Å². The quantitative estimate of drug-likeness (QED) is 0.841. The third-order valence-electron chi connectivity index (χ3n) is 3.00. The Labute approximate surface area is 117 Å². The van der Waals surface area contributed by atoms with Crippen molar-refractivity contribution in [2.24, 2.45) is 0 Å². The van der Waals surface area contributed by atoms with Gasteiger partial charge in [0.15, 0.2) is 0 Å². The summed E-state index contributed by atoms with van der Waals surface area (Å²) in [6.07, 6.45) is 1.28. The molecule has 1 aliphatic heterocycles. The van der Waals surface area contributed by atoms with Crippen molar-refractivity contribution >= 4 is 35.0 Å². The van der Waals surface area contributed by atoms with E-state index in [1.165, 1.54) is 28.6 Å². The molecule has 16 heavy (non-hydrogen) atoms. The first kappa shape index (κ1) is 14.2. The van der Waals surface area contributed by atoms with Crippen molar-refractivity contribution in [3.8, 4) is 0 Å². The first-order chi connectivity index (χ1) is 7.28. The molecule has 0 radical (unpaired) electrons. The molecule has 1 fully saturated rings. The molecule has 2 nitrogen and oxygen atoms in total. The Balaban J connectivity index is 0.00000128. The highest BCUT2D eigenvalue weighted by molar-refractivity contribution is 14.1. The second-order valence-electron chi connectivity index (χ2n) is 4.14. The van der Waals surface area contributed by atoms with Gasteiger partial charge in [-0.1, -0.05) is 12.1 Å². The Morgan fingerprint density at radius 3 is 2.62 bits per heavy atom. The van der Waals surface area contributed by atoms with E-state index in [4.69, 9.17) is 0 Å². The first-order valence-corrected chi connectivity index (χ1v) is 6.50. The summed E-state index contributed by atoms with van der Waals surface area (Å²) in [5, 5.41) is 3.35. The van der Waals surface area contributed by atoms with Gasteiger partial charge in [0, 0.05) is 29.2 Å². The number of nitrogens with zero attached hydrogens (tertiary/aromatic N) is 1. The highest BCUT2D eigenvalue weighted by atomic mass is 127. The smallest absolute Gasteiger partial charge is 0.0234 e. The molecule has 0 aliphatic carbocycles. The van der Waals surface area contributed by atoms with Crippen molar-refractivity contribution < 1.29 is 0 Å². The van der Waals surface area contributed by atoms with Gasteiger partial charge in [0.1, 0.15) is 0 Å². The first-order valence-electron chi connectivity index (χ1n) is 5.42. The van der Waals surface area contributed by atoms with Crippen LogP contribution in [0.4, 0.5) is 0 Å². The van der Waals surface area contributed by atoms with Crippen molar-refractivity contribution in [1.82, 2.24) is 10.2 Å². The van der Waals surface area contributed by atoms with Gasteiger partial charge in [0.25, 0.3) is 0 Å². The summed E-state index contributed by atoms with van der Waals surface area (Å²) in [6.45, 7) is 3.50. The lowest BCUT2D eigenvalue weighted by Gasteiger charge is -2.15. The largest absolute Gasteiger partial charge is 0.316 e. The summed E-state index contributed by atoms with van der Waals surface area (Å²) in [7, 11) is 2.05. The maximum atomic E-state index is 3.35. The molecule has 1 aromatic carbocycles. The Hall–Kier alpha value is 0.160. The zero-order valence-corrected chi connectivity index (χ0v) is 12.4. The molecule has 1 aromatic rings. The van der Waals surface area contributed by atoms with Gasteiger partial charge in [-0.15, -0.1) is 12.4 Å². The van der Waals surface area contributed by atoms with Crippen LogP contribution in [0.5, 0.6) is 0 Å².